The maximum atomic E-state index is 2.43. The molecule has 282 valence electrons. The molecule has 1 aromatic heterocycles. The van der Waals surface area contributed by atoms with Gasteiger partial charge in [-0.1, -0.05) is 182 Å². The zero-order chi connectivity index (χ0) is 39.8. The zero-order valence-corrected chi connectivity index (χ0v) is 33.0. The summed E-state index contributed by atoms with van der Waals surface area (Å²) >= 11 is 0. The second kappa shape index (κ2) is 15.1. The highest BCUT2D eigenvalue weighted by Crippen LogP contribution is 2.45. The normalized spacial score (nSPS) is 11.3. The number of hydrogen-bond donors (Lipinski definition) is 0. The molecule has 0 fully saturated rings. The van der Waals surface area contributed by atoms with Gasteiger partial charge in [0.2, 0.25) is 0 Å². The van der Waals surface area contributed by atoms with Gasteiger partial charge in [-0.05, 0) is 116 Å². The van der Waals surface area contributed by atoms with E-state index in [9.17, 15) is 0 Å². The van der Waals surface area contributed by atoms with Crippen molar-refractivity contribution in [1.29, 1.82) is 0 Å². The first-order chi connectivity index (χ1) is 29.8. The first-order valence-corrected chi connectivity index (χ1v) is 20.6. The third-order valence-electron chi connectivity index (χ3n) is 11.8. The lowest BCUT2D eigenvalue weighted by Gasteiger charge is -2.27. The number of benzene rings is 10. The third kappa shape index (κ3) is 6.23. The van der Waals surface area contributed by atoms with E-state index in [0.717, 1.165) is 22.7 Å². The van der Waals surface area contributed by atoms with E-state index in [2.05, 4.69) is 252 Å². The van der Waals surface area contributed by atoms with E-state index in [1.165, 1.54) is 77.1 Å². The van der Waals surface area contributed by atoms with Crippen LogP contribution in [0.3, 0.4) is 0 Å². The Labute approximate surface area is 350 Å². The van der Waals surface area contributed by atoms with E-state index in [-0.39, 0.29) is 0 Å². The fraction of sp³-hybridized carbons (Fsp3) is 0. The van der Waals surface area contributed by atoms with Gasteiger partial charge in [-0.25, -0.2) is 0 Å². The monoisotopic (exact) mass is 764 g/mol. The van der Waals surface area contributed by atoms with E-state index in [4.69, 9.17) is 0 Å². The number of hydrogen-bond acceptors (Lipinski definition) is 1. The van der Waals surface area contributed by atoms with Crippen LogP contribution in [0.25, 0.3) is 82.8 Å². The van der Waals surface area contributed by atoms with Gasteiger partial charge in [0, 0.05) is 27.8 Å². The molecule has 0 saturated heterocycles. The molecule has 60 heavy (non-hydrogen) atoms. The lowest BCUT2D eigenvalue weighted by atomic mass is 9.91. The van der Waals surface area contributed by atoms with Crippen LogP contribution in [0.4, 0.5) is 17.1 Å². The Hall–Kier alpha value is -7.94. The van der Waals surface area contributed by atoms with Crippen molar-refractivity contribution in [3.63, 3.8) is 0 Å². The van der Waals surface area contributed by atoms with E-state index >= 15 is 0 Å². The van der Waals surface area contributed by atoms with E-state index < -0.39 is 0 Å². The minimum atomic E-state index is 1.09. The molecule has 0 aliphatic heterocycles. The lowest BCUT2D eigenvalue weighted by molar-refractivity contribution is 1.18. The fourth-order valence-electron chi connectivity index (χ4n) is 8.99. The second-order valence-electron chi connectivity index (χ2n) is 15.3. The molecule has 0 bridgehead atoms. The Morgan fingerprint density at radius 3 is 1.53 bits per heavy atom. The van der Waals surface area contributed by atoms with Crippen LogP contribution in [-0.2, 0) is 0 Å². The average molecular weight is 765 g/mol. The van der Waals surface area contributed by atoms with E-state index in [0.29, 0.717) is 0 Å². The highest BCUT2D eigenvalue weighted by atomic mass is 15.1. The van der Waals surface area contributed by atoms with Crippen molar-refractivity contribution < 1.29 is 0 Å². The molecule has 11 aromatic rings. The summed E-state index contributed by atoms with van der Waals surface area (Å²) in [7, 11) is 0. The Bertz CT molecular complexity index is 3270. The van der Waals surface area contributed by atoms with Gasteiger partial charge in [0.1, 0.15) is 0 Å². The summed E-state index contributed by atoms with van der Waals surface area (Å²) in [5.41, 5.74) is 16.4. The van der Waals surface area contributed by atoms with Gasteiger partial charge in [0.05, 0.1) is 16.7 Å². The quantitative estimate of drug-likeness (QED) is 0.150. The summed E-state index contributed by atoms with van der Waals surface area (Å²) in [6.45, 7) is 0. The topological polar surface area (TPSA) is 8.17 Å². The smallest absolute Gasteiger partial charge is 0.0562 e. The Balaban J connectivity index is 1.07. The molecule has 0 N–H and O–H groups in total. The standard InChI is InChI=1S/C58H40N2/c1-4-16-42(17-5-1)52-39-34-46(40-54(52)44-18-6-2-7-19-44)41-30-35-48(36-31-41)59(49-37-32-45(33-38-49)51-26-14-21-43-20-10-11-24-50(43)51)56-28-15-29-57-58(56)53-25-12-13-27-55(53)60(57)47-22-8-3-9-23-47/h1-40H. The van der Waals surface area contributed by atoms with Gasteiger partial charge in [0.25, 0.3) is 0 Å². The molecule has 0 aliphatic rings. The molecule has 11 rings (SSSR count). The van der Waals surface area contributed by atoms with Gasteiger partial charge in [-0.3, -0.25) is 0 Å². The molecule has 0 atom stereocenters. The molecule has 0 unspecified atom stereocenters. The molecule has 0 aliphatic carbocycles. The van der Waals surface area contributed by atoms with Crippen molar-refractivity contribution in [2.45, 2.75) is 0 Å². The zero-order valence-electron chi connectivity index (χ0n) is 33.0. The molecule has 1 heterocycles. The van der Waals surface area contributed by atoms with Crippen LogP contribution in [0, 0.1) is 0 Å². The van der Waals surface area contributed by atoms with E-state index in [1.54, 1.807) is 0 Å². The Morgan fingerprint density at radius 1 is 0.300 bits per heavy atom. The van der Waals surface area contributed by atoms with E-state index in [1.807, 2.05) is 0 Å². The fourth-order valence-corrected chi connectivity index (χ4v) is 8.99. The van der Waals surface area contributed by atoms with Gasteiger partial charge in [-0.15, -0.1) is 0 Å². The predicted molar refractivity (Wildman–Crippen MR) is 255 cm³/mol. The van der Waals surface area contributed by atoms with Crippen LogP contribution in [0.1, 0.15) is 0 Å². The maximum absolute atomic E-state index is 2.43. The van der Waals surface area contributed by atoms with Crippen LogP contribution in [0.5, 0.6) is 0 Å². The molecule has 10 aromatic carbocycles. The molecule has 0 radical (unpaired) electrons. The van der Waals surface area contributed by atoms with Crippen LogP contribution >= 0.6 is 0 Å². The van der Waals surface area contributed by atoms with Crippen molar-refractivity contribution in [2.75, 3.05) is 4.90 Å². The Morgan fingerprint density at radius 2 is 0.817 bits per heavy atom. The van der Waals surface area contributed by atoms with Crippen molar-refractivity contribution in [3.8, 4) is 50.2 Å². The number of para-hydroxylation sites is 2. The second-order valence-corrected chi connectivity index (χ2v) is 15.3. The lowest BCUT2D eigenvalue weighted by Crippen LogP contribution is -2.10. The first kappa shape index (κ1) is 35.2. The van der Waals surface area contributed by atoms with Crippen molar-refractivity contribution in [1.82, 2.24) is 4.57 Å². The van der Waals surface area contributed by atoms with Crippen LogP contribution in [-0.4, -0.2) is 4.57 Å². The first-order valence-electron chi connectivity index (χ1n) is 20.6. The van der Waals surface area contributed by atoms with Crippen molar-refractivity contribution >= 4 is 49.6 Å². The van der Waals surface area contributed by atoms with Gasteiger partial charge in [-0.2, -0.15) is 0 Å². The minimum absolute atomic E-state index is 1.09. The molecule has 0 spiro atoms. The summed E-state index contributed by atoms with van der Waals surface area (Å²) < 4.78 is 2.39. The Kier molecular flexibility index (Phi) is 8.87. The van der Waals surface area contributed by atoms with Gasteiger partial charge in [0.15, 0.2) is 0 Å². The number of nitrogens with zero attached hydrogens (tertiary/aromatic N) is 2. The highest BCUT2D eigenvalue weighted by Gasteiger charge is 2.21. The summed E-state index contributed by atoms with van der Waals surface area (Å²) in [6, 6.07) is 87.8. The molecule has 0 amide bonds. The molecule has 2 heteroatoms. The third-order valence-corrected chi connectivity index (χ3v) is 11.8. The molecule has 0 saturated carbocycles. The minimum Gasteiger partial charge on any atom is -0.310 e. The average Bonchev–Trinajstić information content (AvgIpc) is 3.68. The summed E-state index contributed by atoms with van der Waals surface area (Å²) in [5.74, 6) is 0. The van der Waals surface area contributed by atoms with Gasteiger partial charge < -0.3 is 9.47 Å². The van der Waals surface area contributed by atoms with Crippen molar-refractivity contribution in [3.05, 3.63) is 243 Å². The molecular formula is C58H40N2. The van der Waals surface area contributed by atoms with Crippen LogP contribution in [0.15, 0.2) is 243 Å². The summed E-state index contributed by atoms with van der Waals surface area (Å²) in [6.07, 6.45) is 0. The maximum Gasteiger partial charge on any atom is 0.0562 e. The number of fused-ring (bicyclic) bond motifs is 4. The summed E-state index contributed by atoms with van der Waals surface area (Å²) in [5, 5.41) is 4.93. The largest absolute Gasteiger partial charge is 0.310 e. The number of aromatic nitrogens is 1. The highest BCUT2D eigenvalue weighted by molar-refractivity contribution is 6.16. The van der Waals surface area contributed by atoms with Crippen LogP contribution in [0.2, 0.25) is 0 Å². The molecular weight excluding hydrogens is 725 g/mol. The SMILES string of the molecule is c1ccc(-c2ccc(-c3ccc(N(c4ccc(-c5cccc6ccccc56)cc4)c4cccc5c4c4ccccc4n5-c4ccccc4)cc3)cc2-c2ccccc2)cc1. The van der Waals surface area contributed by atoms with Crippen molar-refractivity contribution in [2.24, 2.45) is 0 Å². The van der Waals surface area contributed by atoms with Crippen LogP contribution < -0.4 is 4.90 Å². The molecule has 2 nitrogen and oxygen atoms in total. The van der Waals surface area contributed by atoms with Gasteiger partial charge >= 0.3 is 0 Å². The summed E-state index contributed by atoms with van der Waals surface area (Å²) in [4.78, 5) is 2.43. The predicted octanol–water partition coefficient (Wildman–Crippen LogP) is 16.1. The number of anilines is 3. The number of rotatable bonds is 8.